The molecule has 0 spiro atoms. The van der Waals surface area contributed by atoms with Gasteiger partial charge in [0.2, 0.25) is 17.4 Å². The van der Waals surface area contributed by atoms with Gasteiger partial charge in [0, 0.05) is 19.5 Å². The molecule has 0 aromatic heterocycles. The summed E-state index contributed by atoms with van der Waals surface area (Å²) in [5.74, 6) is -2.19. The lowest BCUT2D eigenvalue weighted by Gasteiger charge is -2.25. The third kappa shape index (κ3) is 2.17. The maximum Gasteiger partial charge on any atom is 0.368 e. The number of esters is 1. The number of carbonyl (C=O) groups is 3. The maximum atomic E-state index is 12.7. The summed E-state index contributed by atoms with van der Waals surface area (Å²) in [5, 5.41) is 1.85. The van der Waals surface area contributed by atoms with Gasteiger partial charge in [0.25, 0.3) is 0 Å². The summed E-state index contributed by atoms with van der Waals surface area (Å²) in [5.41, 5.74) is 0.933. The molecule has 0 bridgehead atoms. The van der Waals surface area contributed by atoms with Crippen molar-refractivity contribution in [2.45, 2.75) is 32.4 Å². The number of benzene rings is 1. The third-order valence-corrected chi connectivity index (χ3v) is 5.39. The van der Waals surface area contributed by atoms with E-state index < -0.39 is 23.3 Å². The van der Waals surface area contributed by atoms with Crippen molar-refractivity contribution < 1.29 is 24.4 Å². The minimum absolute atomic E-state index is 0.220. The molecular formula is C18H23N2O4+. The lowest BCUT2D eigenvalue weighted by molar-refractivity contribution is -0.731. The number of nitrogens with two attached hydrogens (primary N) is 1. The van der Waals surface area contributed by atoms with Crippen LogP contribution in [0.15, 0.2) is 24.3 Å². The van der Waals surface area contributed by atoms with Crippen LogP contribution in [-0.2, 0) is 19.1 Å². The van der Waals surface area contributed by atoms with Crippen molar-refractivity contribution >= 4 is 17.8 Å². The van der Waals surface area contributed by atoms with E-state index in [1.807, 2.05) is 36.5 Å². The molecule has 2 heterocycles. The molecule has 2 amide bonds. The number of rotatable bonds is 3. The largest absolute Gasteiger partial charge is 0.461 e. The van der Waals surface area contributed by atoms with Crippen LogP contribution in [0.4, 0.5) is 0 Å². The van der Waals surface area contributed by atoms with Gasteiger partial charge >= 0.3 is 5.97 Å². The van der Waals surface area contributed by atoms with E-state index in [1.165, 1.54) is 7.05 Å². The Morgan fingerprint density at radius 2 is 1.96 bits per heavy atom. The Morgan fingerprint density at radius 3 is 2.58 bits per heavy atom. The smallest absolute Gasteiger partial charge is 0.368 e. The molecule has 0 unspecified atom stereocenters. The Balaban J connectivity index is 2.10. The topological polar surface area (TPSA) is 80.3 Å². The van der Waals surface area contributed by atoms with E-state index in [0.29, 0.717) is 0 Å². The highest BCUT2D eigenvalue weighted by atomic mass is 16.5. The minimum Gasteiger partial charge on any atom is -0.461 e. The van der Waals surface area contributed by atoms with E-state index >= 15 is 0 Å². The van der Waals surface area contributed by atoms with Crippen molar-refractivity contribution in [3.63, 3.8) is 0 Å². The highest BCUT2D eigenvalue weighted by Crippen LogP contribution is 2.44. The van der Waals surface area contributed by atoms with Gasteiger partial charge in [-0.3, -0.25) is 14.5 Å². The molecular weight excluding hydrogens is 308 g/mol. The van der Waals surface area contributed by atoms with Gasteiger partial charge in [0.05, 0.1) is 6.61 Å². The molecule has 2 aliphatic rings. The van der Waals surface area contributed by atoms with Gasteiger partial charge < -0.3 is 10.1 Å². The number of likely N-dealkylation sites (tertiary alicyclic amines) is 1. The first kappa shape index (κ1) is 16.6. The predicted octanol–water partition coefficient (Wildman–Crippen LogP) is 0.166. The SMILES string of the molecule is CCOC(=O)[C@@]1(C)[NH2+][C@@H](c2ccccc2C)[C@H]2C(=O)N(C)C(=O)[C@@H]21. The molecule has 2 aliphatic heterocycles. The lowest BCUT2D eigenvalue weighted by Crippen LogP contribution is -2.97. The standard InChI is InChI=1S/C18H22N2O4/c1-5-24-17(23)18(3)13-12(15(21)20(4)16(13)22)14(19-18)11-9-7-6-8-10(11)2/h6-9,12-14,19H,5H2,1-4H3/p+1/t12-,13+,14-,18-/m0/s1. The van der Waals surface area contributed by atoms with Crippen LogP contribution in [0.3, 0.4) is 0 Å². The highest BCUT2D eigenvalue weighted by molar-refractivity contribution is 6.08. The molecule has 6 heteroatoms. The van der Waals surface area contributed by atoms with Crippen molar-refractivity contribution in [2.75, 3.05) is 13.7 Å². The molecule has 1 aromatic rings. The Kier molecular flexibility index (Phi) is 3.95. The fourth-order valence-electron chi connectivity index (χ4n) is 4.13. The number of nitrogens with zero attached hydrogens (tertiary/aromatic N) is 1. The number of amides is 2. The molecule has 2 fully saturated rings. The van der Waals surface area contributed by atoms with Crippen molar-refractivity contribution in [1.29, 1.82) is 0 Å². The van der Waals surface area contributed by atoms with Crippen LogP contribution in [-0.4, -0.2) is 41.9 Å². The van der Waals surface area contributed by atoms with Gasteiger partial charge in [-0.05, 0) is 19.4 Å². The zero-order chi connectivity index (χ0) is 17.6. The van der Waals surface area contributed by atoms with Crippen LogP contribution < -0.4 is 5.32 Å². The quantitative estimate of drug-likeness (QED) is 0.632. The summed E-state index contributed by atoms with van der Waals surface area (Å²) in [6, 6.07) is 7.51. The number of ether oxygens (including phenoxy) is 1. The molecule has 1 aromatic carbocycles. The lowest BCUT2D eigenvalue weighted by atomic mass is 9.80. The minimum atomic E-state index is -1.09. The molecule has 0 radical (unpaired) electrons. The van der Waals surface area contributed by atoms with E-state index in [0.717, 1.165) is 16.0 Å². The van der Waals surface area contributed by atoms with Crippen LogP contribution in [0.1, 0.15) is 31.0 Å². The third-order valence-electron chi connectivity index (χ3n) is 5.39. The van der Waals surface area contributed by atoms with E-state index in [2.05, 4.69) is 0 Å². The van der Waals surface area contributed by atoms with Crippen LogP contribution in [0, 0.1) is 18.8 Å². The van der Waals surface area contributed by atoms with Crippen molar-refractivity contribution in [3.8, 4) is 0 Å². The van der Waals surface area contributed by atoms with E-state index in [1.54, 1.807) is 13.8 Å². The van der Waals surface area contributed by atoms with Crippen LogP contribution in [0.2, 0.25) is 0 Å². The van der Waals surface area contributed by atoms with Crippen molar-refractivity contribution in [1.82, 2.24) is 4.90 Å². The Hall–Kier alpha value is -2.21. The van der Waals surface area contributed by atoms with Gasteiger partial charge in [0.15, 0.2) is 0 Å². The summed E-state index contributed by atoms with van der Waals surface area (Å²) in [7, 11) is 1.49. The molecule has 0 aliphatic carbocycles. The van der Waals surface area contributed by atoms with Gasteiger partial charge in [-0.1, -0.05) is 24.3 Å². The number of hydrogen-bond donors (Lipinski definition) is 1. The number of aryl methyl sites for hydroxylation is 1. The van der Waals surface area contributed by atoms with Crippen molar-refractivity contribution in [3.05, 3.63) is 35.4 Å². The van der Waals surface area contributed by atoms with Gasteiger partial charge in [0.1, 0.15) is 17.9 Å². The first-order chi connectivity index (χ1) is 11.3. The Bertz CT molecular complexity index is 717. The average Bonchev–Trinajstić information content (AvgIpc) is 2.98. The van der Waals surface area contributed by atoms with Crippen LogP contribution in [0.5, 0.6) is 0 Å². The second-order valence-electron chi connectivity index (χ2n) is 6.79. The Labute approximate surface area is 141 Å². The number of fused-ring (bicyclic) bond motifs is 1. The van der Waals surface area contributed by atoms with Gasteiger partial charge in [-0.15, -0.1) is 0 Å². The summed E-state index contributed by atoms with van der Waals surface area (Å²) in [4.78, 5) is 39.1. The zero-order valence-corrected chi connectivity index (χ0v) is 14.4. The van der Waals surface area contributed by atoms with Crippen molar-refractivity contribution in [2.24, 2.45) is 11.8 Å². The fourth-order valence-corrected chi connectivity index (χ4v) is 4.13. The summed E-state index contributed by atoms with van der Waals surface area (Å²) >= 11 is 0. The molecule has 0 saturated carbocycles. The molecule has 2 N–H and O–H groups in total. The first-order valence-electron chi connectivity index (χ1n) is 8.23. The van der Waals surface area contributed by atoms with E-state index in [-0.39, 0.29) is 24.5 Å². The first-order valence-corrected chi connectivity index (χ1v) is 8.23. The average molecular weight is 331 g/mol. The molecule has 128 valence electrons. The second kappa shape index (κ2) is 5.70. The summed E-state index contributed by atoms with van der Waals surface area (Å²) in [6.45, 7) is 5.67. The number of quaternary nitrogens is 1. The second-order valence-corrected chi connectivity index (χ2v) is 6.79. The predicted molar refractivity (Wildman–Crippen MR) is 85.6 cm³/mol. The zero-order valence-electron chi connectivity index (χ0n) is 14.4. The molecule has 4 atom stereocenters. The number of hydrogen-bond acceptors (Lipinski definition) is 4. The molecule has 3 rings (SSSR count). The number of imide groups is 1. The molecule has 6 nitrogen and oxygen atoms in total. The van der Waals surface area contributed by atoms with Gasteiger partial charge in [-0.25, -0.2) is 4.79 Å². The monoisotopic (exact) mass is 331 g/mol. The van der Waals surface area contributed by atoms with Gasteiger partial charge in [-0.2, -0.15) is 0 Å². The summed E-state index contributed by atoms with van der Waals surface area (Å²) < 4.78 is 5.22. The van der Waals surface area contributed by atoms with E-state index in [9.17, 15) is 14.4 Å². The van der Waals surface area contributed by atoms with E-state index in [4.69, 9.17) is 4.74 Å². The van der Waals surface area contributed by atoms with Crippen LogP contribution >= 0.6 is 0 Å². The maximum absolute atomic E-state index is 12.7. The number of carbonyl (C=O) groups excluding carboxylic acids is 3. The molecule has 2 saturated heterocycles. The Morgan fingerprint density at radius 1 is 1.29 bits per heavy atom. The summed E-state index contributed by atoms with van der Waals surface area (Å²) in [6.07, 6.45) is 0. The fraction of sp³-hybridized carbons (Fsp3) is 0.500. The molecule has 24 heavy (non-hydrogen) atoms. The van der Waals surface area contributed by atoms with Crippen LogP contribution in [0.25, 0.3) is 0 Å². The highest BCUT2D eigenvalue weighted by Gasteiger charge is 2.70. The normalized spacial score (nSPS) is 32.2.